The number of carbonyl (C=O) groups excluding carboxylic acids is 1. The maximum Gasteiger partial charge on any atom is 0.254 e. The highest BCUT2D eigenvalue weighted by Crippen LogP contribution is 2.33. The number of likely N-dealkylation sites (tertiary alicyclic amines) is 1. The van der Waals surface area contributed by atoms with Crippen LogP contribution in [0.15, 0.2) is 53.1 Å². The van der Waals surface area contributed by atoms with Gasteiger partial charge in [0.1, 0.15) is 17.5 Å². The number of nitrogens with zero attached hydrogens (tertiary/aromatic N) is 3. The summed E-state index contributed by atoms with van der Waals surface area (Å²) in [6, 6.07) is 14.5. The number of aromatic nitrogens is 2. The summed E-state index contributed by atoms with van der Waals surface area (Å²) >= 11 is 0. The van der Waals surface area contributed by atoms with Gasteiger partial charge in [-0.15, -0.1) is 0 Å². The van der Waals surface area contributed by atoms with E-state index >= 15 is 0 Å². The van der Waals surface area contributed by atoms with Crippen LogP contribution in [0.4, 0.5) is 0 Å². The minimum Gasteiger partial charge on any atom is -0.497 e. The number of benzene rings is 2. The van der Waals surface area contributed by atoms with Crippen molar-refractivity contribution in [2.45, 2.75) is 25.8 Å². The molecule has 1 aliphatic heterocycles. The molecule has 0 radical (unpaired) electrons. The average Bonchev–Trinajstić information content (AvgIpc) is 3.44. The number of ether oxygens (including phenoxy) is 2. The van der Waals surface area contributed by atoms with Gasteiger partial charge in [0.25, 0.3) is 5.91 Å². The first-order valence-electron chi connectivity index (χ1n) is 9.71. The van der Waals surface area contributed by atoms with Crippen LogP contribution in [0, 0.1) is 0 Å². The lowest BCUT2D eigenvalue weighted by Gasteiger charge is -2.22. The molecule has 7 heteroatoms. The van der Waals surface area contributed by atoms with Crippen molar-refractivity contribution in [3.8, 4) is 22.9 Å². The van der Waals surface area contributed by atoms with Crippen LogP contribution in [0.2, 0.25) is 0 Å². The zero-order valence-electron chi connectivity index (χ0n) is 16.5. The topological polar surface area (TPSA) is 77.7 Å². The van der Waals surface area contributed by atoms with E-state index in [1.54, 1.807) is 24.1 Å². The third-order valence-corrected chi connectivity index (χ3v) is 5.00. The summed E-state index contributed by atoms with van der Waals surface area (Å²) in [5, 5.41) is 4.10. The Morgan fingerprint density at radius 1 is 1.14 bits per heavy atom. The Balaban J connectivity index is 1.52. The average molecular weight is 393 g/mol. The van der Waals surface area contributed by atoms with Crippen LogP contribution in [0.25, 0.3) is 11.4 Å². The standard InChI is InChI=1S/C22H23N3O4/c1-3-28-18-12-8-16(9-13-18)22(26)25-14-4-5-19(25)21-23-20(24-29-21)15-6-10-17(27-2)11-7-15/h6-13,19H,3-5,14H2,1-2H3/t19-/m0/s1. The number of carbonyl (C=O) groups is 1. The number of hydrogen-bond acceptors (Lipinski definition) is 6. The molecule has 29 heavy (non-hydrogen) atoms. The molecule has 150 valence electrons. The van der Waals surface area contributed by atoms with E-state index in [0.29, 0.717) is 30.4 Å². The van der Waals surface area contributed by atoms with Gasteiger partial charge in [0, 0.05) is 17.7 Å². The van der Waals surface area contributed by atoms with Crippen LogP contribution < -0.4 is 9.47 Å². The first kappa shape index (κ1) is 19.0. The summed E-state index contributed by atoms with van der Waals surface area (Å²) < 4.78 is 16.1. The van der Waals surface area contributed by atoms with Gasteiger partial charge in [0.2, 0.25) is 11.7 Å². The highest BCUT2D eigenvalue weighted by molar-refractivity contribution is 5.94. The molecule has 2 heterocycles. The van der Waals surface area contributed by atoms with Crippen molar-refractivity contribution in [2.75, 3.05) is 20.3 Å². The SMILES string of the molecule is CCOc1ccc(C(=O)N2CCC[C@H]2c2nc(-c3ccc(OC)cc3)no2)cc1. The maximum atomic E-state index is 13.0. The van der Waals surface area contributed by atoms with E-state index in [-0.39, 0.29) is 11.9 Å². The molecule has 1 amide bonds. The Kier molecular flexibility index (Phi) is 5.46. The maximum absolute atomic E-state index is 13.0. The molecule has 1 fully saturated rings. The van der Waals surface area contributed by atoms with Crippen molar-refractivity contribution >= 4 is 5.91 Å². The molecule has 1 aromatic heterocycles. The minimum absolute atomic E-state index is 0.0419. The minimum atomic E-state index is -0.214. The molecular weight excluding hydrogens is 370 g/mol. The number of rotatable bonds is 6. The van der Waals surface area contributed by atoms with Gasteiger partial charge >= 0.3 is 0 Å². The zero-order chi connectivity index (χ0) is 20.2. The van der Waals surface area contributed by atoms with E-state index in [4.69, 9.17) is 14.0 Å². The number of methoxy groups -OCH3 is 1. The molecule has 0 saturated carbocycles. The monoisotopic (exact) mass is 393 g/mol. The second-order valence-electron chi connectivity index (χ2n) is 6.80. The van der Waals surface area contributed by atoms with Crippen LogP contribution in [0.3, 0.4) is 0 Å². The van der Waals surface area contributed by atoms with Crippen molar-refractivity contribution in [2.24, 2.45) is 0 Å². The van der Waals surface area contributed by atoms with Crippen molar-refractivity contribution in [3.63, 3.8) is 0 Å². The lowest BCUT2D eigenvalue weighted by Crippen LogP contribution is -2.30. The van der Waals surface area contributed by atoms with Gasteiger partial charge in [0.15, 0.2) is 0 Å². The van der Waals surface area contributed by atoms with Crippen LogP contribution in [-0.4, -0.2) is 41.2 Å². The molecule has 1 aliphatic rings. The van der Waals surface area contributed by atoms with Gasteiger partial charge < -0.3 is 18.9 Å². The smallest absolute Gasteiger partial charge is 0.254 e. The number of amides is 1. The molecule has 0 aliphatic carbocycles. The lowest BCUT2D eigenvalue weighted by atomic mass is 10.1. The summed E-state index contributed by atoms with van der Waals surface area (Å²) in [6.07, 6.45) is 1.70. The quantitative estimate of drug-likeness (QED) is 0.627. The lowest BCUT2D eigenvalue weighted by molar-refractivity contribution is 0.0710. The normalized spacial score (nSPS) is 16.1. The molecule has 4 rings (SSSR count). The second kappa shape index (κ2) is 8.34. The first-order chi connectivity index (χ1) is 14.2. The van der Waals surface area contributed by atoms with Crippen LogP contribution in [0.1, 0.15) is 42.1 Å². The van der Waals surface area contributed by atoms with E-state index in [2.05, 4.69) is 10.1 Å². The van der Waals surface area contributed by atoms with Crippen molar-refractivity contribution in [3.05, 3.63) is 60.0 Å². The molecule has 2 aromatic carbocycles. The summed E-state index contributed by atoms with van der Waals surface area (Å²) in [7, 11) is 1.62. The molecule has 3 aromatic rings. The number of hydrogen-bond donors (Lipinski definition) is 0. The summed E-state index contributed by atoms with van der Waals surface area (Å²) in [5.41, 5.74) is 1.46. The fourth-order valence-corrected chi connectivity index (χ4v) is 3.52. The molecule has 0 spiro atoms. The van der Waals surface area contributed by atoms with Gasteiger partial charge in [-0.1, -0.05) is 5.16 Å². The first-order valence-corrected chi connectivity index (χ1v) is 9.71. The largest absolute Gasteiger partial charge is 0.497 e. The fraction of sp³-hybridized carbons (Fsp3) is 0.318. The van der Waals surface area contributed by atoms with Gasteiger partial charge in [-0.2, -0.15) is 4.98 Å². The van der Waals surface area contributed by atoms with Crippen LogP contribution in [0.5, 0.6) is 11.5 Å². The van der Waals surface area contributed by atoms with E-state index in [1.807, 2.05) is 43.3 Å². The van der Waals surface area contributed by atoms with Gasteiger partial charge in [-0.3, -0.25) is 4.79 Å². The van der Waals surface area contributed by atoms with Gasteiger partial charge in [0.05, 0.1) is 13.7 Å². The Labute approximate surface area is 169 Å². The van der Waals surface area contributed by atoms with E-state index in [0.717, 1.165) is 29.9 Å². The summed E-state index contributed by atoms with van der Waals surface area (Å²) in [5.74, 6) is 2.44. The van der Waals surface area contributed by atoms with Gasteiger partial charge in [-0.25, -0.2) is 0 Å². The second-order valence-corrected chi connectivity index (χ2v) is 6.80. The van der Waals surface area contributed by atoms with E-state index < -0.39 is 0 Å². The third kappa shape index (κ3) is 3.94. The molecule has 1 saturated heterocycles. The predicted octanol–water partition coefficient (Wildman–Crippen LogP) is 4.12. The van der Waals surface area contributed by atoms with Crippen LogP contribution in [-0.2, 0) is 0 Å². The van der Waals surface area contributed by atoms with Crippen molar-refractivity contribution in [1.82, 2.24) is 15.0 Å². The molecule has 7 nitrogen and oxygen atoms in total. The molecule has 0 N–H and O–H groups in total. The Bertz CT molecular complexity index is 966. The van der Waals surface area contributed by atoms with Crippen molar-refractivity contribution in [1.29, 1.82) is 0 Å². The highest BCUT2D eigenvalue weighted by atomic mass is 16.5. The predicted molar refractivity (Wildman–Crippen MR) is 107 cm³/mol. The summed E-state index contributed by atoms with van der Waals surface area (Å²) in [6.45, 7) is 3.19. The van der Waals surface area contributed by atoms with E-state index in [9.17, 15) is 4.79 Å². The third-order valence-electron chi connectivity index (χ3n) is 5.00. The fourth-order valence-electron chi connectivity index (χ4n) is 3.52. The van der Waals surface area contributed by atoms with Crippen LogP contribution >= 0.6 is 0 Å². The summed E-state index contributed by atoms with van der Waals surface area (Å²) in [4.78, 5) is 19.4. The zero-order valence-corrected chi connectivity index (χ0v) is 16.5. The van der Waals surface area contributed by atoms with Gasteiger partial charge in [-0.05, 0) is 68.3 Å². The molecule has 0 unspecified atom stereocenters. The highest BCUT2D eigenvalue weighted by Gasteiger charge is 2.34. The molecular formula is C22H23N3O4. The Morgan fingerprint density at radius 3 is 2.55 bits per heavy atom. The Hall–Kier alpha value is -3.35. The molecule has 1 atom stereocenters. The van der Waals surface area contributed by atoms with Crippen molar-refractivity contribution < 1.29 is 18.8 Å². The molecule has 0 bridgehead atoms. The Morgan fingerprint density at radius 2 is 1.86 bits per heavy atom. The van der Waals surface area contributed by atoms with E-state index in [1.165, 1.54) is 0 Å².